The fourth-order valence-corrected chi connectivity index (χ4v) is 4.24. The van der Waals surface area contributed by atoms with Crippen LogP contribution in [0.25, 0.3) is 0 Å². The van der Waals surface area contributed by atoms with Crippen molar-refractivity contribution >= 4 is 0 Å². The van der Waals surface area contributed by atoms with Crippen LogP contribution in [0.3, 0.4) is 0 Å². The molecule has 2 saturated carbocycles. The summed E-state index contributed by atoms with van der Waals surface area (Å²) in [4.78, 5) is 0. The highest BCUT2D eigenvalue weighted by atomic mass is 16.5. The Hall–Kier alpha value is -0.120. The highest BCUT2D eigenvalue weighted by molar-refractivity contribution is 4.99. The van der Waals surface area contributed by atoms with E-state index >= 15 is 0 Å². The van der Waals surface area contributed by atoms with Crippen LogP contribution in [-0.4, -0.2) is 31.8 Å². The van der Waals surface area contributed by atoms with Gasteiger partial charge in [-0.15, -0.1) is 0 Å². The van der Waals surface area contributed by atoms with Gasteiger partial charge >= 0.3 is 0 Å². The minimum absolute atomic E-state index is 0.441. The molecule has 17 heavy (non-hydrogen) atoms. The zero-order chi connectivity index (χ0) is 11.8. The molecule has 1 aliphatic heterocycles. The molecule has 0 aromatic heterocycles. The molecule has 1 saturated heterocycles. The van der Waals surface area contributed by atoms with Crippen molar-refractivity contribution < 1.29 is 4.74 Å². The lowest BCUT2D eigenvalue weighted by Gasteiger charge is -2.29. The molecular weight excluding hydrogens is 212 g/mol. The van der Waals surface area contributed by atoms with E-state index in [0.717, 1.165) is 37.5 Å². The number of fused-ring (bicyclic) bond motifs is 2. The van der Waals surface area contributed by atoms with Gasteiger partial charge in [0.05, 0.1) is 6.10 Å². The summed E-state index contributed by atoms with van der Waals surface area (Å²) in [7, 11) is 0. The highest BCUT2D eigenvalue weighted by Crippen LogP contribution is 2.47. The topological polar surface area (TPSA) is 47.3 Å². The monoisotopic (exact) mass is 238 g/mol. The van der Waals surface area contributed by atoms with Crippen LogP contribution in [0.4, 0.5) is 0 Å². The first-order valence-corrected chi connectivity index (χ1v) is 7.33. The van der Waals surface area contributed by atoms with Crippen LogP contribution in [0.5, 0.6) is 0 Å². The van der Waals surface area contributed by atoms with Crippen molar-refractivity contribution in [1.29, 1.82) is 0 Å². The Kier molecular flexibility index (Phi) is 3.42. The molecule has 3 aliphatic rings. The first-order valence-electron chi connectivity index (χ1n) is 7.33. The smallest absolute Gasteiger partial charge is 0.0588 e. The zero-order valence-electron chi connectivity index (χ0n) is 10.9. The van der Waals surface area contributed by atoms with E-state index in [9.17, 15) is 0 Å². The van der Waals surface area contributed by atoms with Crippen LogP contribution >= 0.6 is 0 Å². The molecule has 3 fully saturated rings. The summed E-state index contributed by atoms with van der Waals surface area (Å²) >= 11 is 0. The van der Waals surface area contributed by atoms with Crippen molar-refractivity contribution in [1.82, 2.24) is 5.32 Å². The van der Waals surface area contributed by atoms with Gasteiger partial charge in [-0.05, 0) is 62.8 Å². The van der Waals surface area contributed by atoms with E-state index in [1.54, 1.807) is 0 Å². The lowest BCUT2D eigenvalue weighted by Crippen LogP contribution is -2.42. The van der Waals surface area contributed by atoms with Crippen molar-refractivity contribution in [2.24, 2.45) is 29.4 Å². The van der Waals surface area contributed by atoms with E-state index in [0.29, 0.717) is 18.1 Å². The Morgan fingerprint density at radius 1 is 1.18 bits per heavy atom. The van der Waals surface area contributed by atoms with E-state index in [1.165, 1.54) is 25.7 Å². The fraction of sp³-hybridized carbons (Fsp3) is 1.00. The predicted octanol–water partition coefficient (Wildman–Crippen LogP) is 1.37. The van der Waals surface area contributed by atoms with Crippen LogP contribution < -0.4 is 11.1 Å². The standard InChI is InChI=1S/C14H26N2O/c1-9-12(4-5-17-9)7-16-8-13-10-2-3-11(6-10)14(13)15/h9-14,16H,2-8,15H2,1H3. The van der Waals surface area contributed by atoms with E-state index in [-0.39, 0.29) is 0 Å². The zero-order valence-corrected chi connectivity index (χ0v) is 10.9. The Morgan fingerprint density at radius 2 is 2.00 bits per heavy atom. The predicted molar refractivity (Wildman–Crippen MR) is 68.7 cm³/mol. The summed E-state index contributed by atoms with van der Waals surface area (Å²) in [5.74, 6) is 3.21. The summed E-state index contributed by atoms with van der Waals surface area (Å²) in [5.41, 5.74) is 6.32. The first-order chi connectivity index (χ1) is 8.25. The second kappa shape index (κ2) is 4.87. The van der Waals surface area contributed by atoms with Gasteiger partial charge in [0.1, 0.15) is 0 Å². The summed E-state index contributed by atoms with van der Waals surface area (Å²) in [5, 5.41) is 3.65. The molecule has 3 nitrogen and oxygen atoms in total. The van der Waals surface area contributed by atoms with Crippen LogP contribution in [0.2, 0.25) is 0 Å². The maximum absolute atomic E-state index is 6.32. The van der Waals surface area contributed by atoms with E-state index < -0.39 is 0 Å². The van der Waals surface area contributed by atoms with Crippen LogP contribution in [0, 0.1) is 23.7 Å². The summed E-state index contributed by atoms with van der Waals surface area (Å²) < 4.78 is 5.59. The molecule has 0 amide bonds. The number of nitrogens with one attached hydrogen (secondary N) is 1. The lowest BCUT2D eigenvalue weighted by atomic mass is 9.85. The molecule has 3 N–H and O–H groups in total. The summed E-state index contributed by atoms with van der Waals surface area (Å²) in [6, 6.07) is 0.471. The molecule has 98 valence electrons. The third-order valence-electron chi connectivity index (χ3n) is 5.48. The largest absolute Gasteiger partial charge is 0.378 e. The second-order valence-corrected chi connectivity index (χ2v) is 6.36. The Balaban J connectivity index is 1.42. The molecule has 3 rings (SSSR count). The van der Waals surface area contributed by atoms with Crippen LogP contribution in [-0.2, 0) is 4.74 Å². The van der Waals surface area contributed by atoms with E-state index in [4.69, 9.17) is 10.5 Å². The number of rotatable bonds is 4. The Bertz CT molecular complexity index is 269. The van der Waals surface area contributed by atoms with Crippen molar-refractivity contribution in [3.8, 4) is 0 Å². The quantitative estimate of drug-likeness (QED) is 0.778. The van der Waals surface area contributed by atoms with Gasteiger partial charge < -0.3 is 15.8 Å². The van der Waals surface area contributed by atoms with Crippen molar-refractivity contribution in [3.05, 3.63) is 0 Å². The van der Waals surface area contributed by atoms with Gasteiger partial charge in [0.25, 0.3) is 0 Å². The normalized spacial score (nSPS) is 49.1. The van der Waals surface area contributed by atoms with Crippen molar-refractivity contribution in [2.45, 2.75) is 44.8 Å². The molecule has 0 spiro atoms. The maximum atomic E-state index is 6.32. The van der Waals surface area contributed by atoms with Gasteiger partial charge in [-0.1, -0.05) is 0 Å². The van der Waals surface area contributed by atoms with Crippen molar-refractivity contribution in [2.75, 3.05) is 19.7 Å². The minimum Gasteiger partial charge on any atom is -0.378 e. The second-order valence-electron chi connectivity index (χ2n) is 6.36. The van der Waals surface area contributed by atoms with Gasteiger partial charge in [-0.3, -0.25) is 0 Å². The van der Waals surface area contributed by atoms with E-state index in [1.807, 2.05) is 0 Å². The molecular formula is C14H26N2O. The fourth-order valence-electron chi connectivity index (χ4n) is 4.24. The third-order valence-corrected chi connectivity index (χ3v) is 5.48. The SMILES string of the molecule is CC1OCCC1CNCC1C2CCC(C2)C1N. The number of hydrogen-bond donors (Lipinski definition) is 2. The molecule has 6 unspecified atom stereocenters. The van der Waals surface area contributed by atoms with Gasteiger partial charge in [0, 0.05) is 19.2 Å². The summed E-state index contributed by atoms with van der Waals surface area (Å²) in [6.45, 7) is 5.39. The molecule has 0 radical (unpaired) electrons. The third kappa shape index (κ3) is 2.25. The maximum Gasteiger partial charge on any atom is 0.0588 e. The summed E-state index contributed by atoms with van der Waals surface area (Å²) in [6.07, 6.45) is 5.87. The Labute approximate surface area is 104 Å². The average molecular weight is 238 g/mol. The van der Waals surface area contributed by atoms with Gasteiger partial charge in [0.15, 0.2) is 0 Å². The van der Waals surface area contributed by atoms with Gasteiger partial charge in [-0.25, -0.2) is 0 Å². The molecule has 1 heterocycles. The average Bonchev–Trinajstić information content (AvgIpc) is 2.98. The molecule has 2 bridgehead atoms. The molecule has 6 atom stereocenters. The number of nitrogens with two attached hydrogens (primary N) is 1. The van der Waals surface area contributed by atoms with Crippen molar-refractivity contribution in [3.63, 3.8) is 0 Å². The first kappa shape index (κ1) is 11.9. The number of ether oxygens (including phenoxy) is 1. The van der Waals surface area contributed by atoms with E-state index in [2.05, 4.69) is 12.2 Å². The Morgan fingerprint density at radius 3 is 2.65 bits per heavy atom. The lowest BCUT2D eigenvalue weighted by molar-refractivity contribution is 0.105. The molecule has 0 aromatic carbocycles. The molecule has 2 aliphatic carbocycles. The molecule has 3 heteroatoms. The van der Waals surface area contributed by atoms with Gasteiger partial charge in [-0.2, -0.15) is 0 Å². The van der Waals surface area contributed by atoms with Crippen LogP contribution in [0.1, 0.15) is 32.6 Å². The number of hydrogen-bond acceptors (Lipinski definition) is 3. The molecule has 0 aromatic rings. The van der Waals surface area contributed by atoms with Gasteiger partial charge in [0.2, 0.25) is 0 Å². The van der Waals surface area contributed by atoms with Crippen LogP contribution in [0.15, 0.2) is 0 Å². The highest BCUT2D eigenvalue weighted by Gasteiger charge is 2.45. The minimum atomic E-state index is 0.441.